The summed E-state index contributed by atoms with van der Waals surface area (Å²) in [6, 6.07) is 15.1. The smallest absolute Gasteiger partial charge is 0.237 e. The minimum absolute atomic E-state index is 0.0824. The molecular formula is C25H29N3O. The van der Waals surface area contributed by atoms with Gasteiger partial charge in [0, 0.05) is 30.7 Å². The second-order valence-electron chi connectivity index (χ2n) is 8.58. The van der Waals surface area contributed by atoms with Crippen molar-refractivity contribution in [3.8, 4) is 0 Å². The van der Waals surface area contributed by atoms with Crippen LogP contribution in [0.4, 0.5) is 0 Å². The molecule has 5 rings (SSSR count). The minimum atomic E-state index is -0.0824. The van der Waals surface area contributed by atoms with Gasteiger partial charge in [0.2, 0.25) is 5.91 Å². The second kappa shape index (κ2) is 7.34. The van der Waals surface area contributed by atoms with Crippen LogP contribution in [-0.4, -0.2) is 35.0 Å². The molecule has 3 aromatic rings. The van der Waals surface area contributed by atoms with Gasteiger partial charge in [-0.3, -0.25) is 9.69 Å². The molecule has 0 radical (unpaired) electrons. The fourth-order valence-corrected chi connectivity index (χ4v) is 5.28. The summed E-state index contributed by atoms with van der Waals surface area (Å²) >= 11 is 0. The first-order chi connectivity index (χ1) is 14.1. The molecule has 4 heteroatoms. The number of hydrogen-bond acceptors (Lipinski definition) is 2. The maximum atomic E-state index is 12.9. The highest BCUT2D eigenvalue weighted by Crippen LogP contribution is 2.32. The van der Waals surface area contributed by atoms with E-state index in [0.717, 1.165) is 25.9 Å². The lowest BCUT2D eigenvalue weighted by atomic mass is 9.94. The van der Waals surface area contributed by atoms with Crippen molar-refractivity contribution in [2.24, 2.45) is 0 Å². The van der Waals surface area contributed by atoms with Crippen LogP contribution >= 0.6 is 0 Å². The Balaban J connectivity index is 1.29. The van der Waals surface area contributed by atoms with Crippen LogP contribution in [0.25, 0.3) is 10.9 Å². The average molecular weight is 388 g/mol. The molecule has 0 fully saturated rings. The Labute approximate surface area is 172 Å². The number of para-hydroxylation sites is 1. The van der Waals surface area contributed by atoms with E-state index in [-0.39, 0.29) is 11.9 Å². The molecule has 1 amide bonds. The number of carbonyl (C=O) groups excluding carboxylic acids is 1. The summed E-state index contributed by atoms with van der Waals surface area (Å²) in [6.07, 6.45) is 4.07. The van der Waals surface area contributed by atoms with E-state index in [1.165, 1.54) is 51.7 Å². The molecule has 0 bridgehead atoms. The Bertz CT molecular complexity index is 1080. The zero-order valence-electron chi connectivity index (χ0n) is 17.4. The number of rotatable bonds is 4. The van der Waals surface area contributed by atoms with Crippen molar-refractivity contribution >= 4 is 16.8 Å². The Morgan fingerprint density at radius 1 is 1.10 bits per heavy atom. The van der Waals surface area contributed by atoms with Gasteiger partial charge in [-0.2, -0.15) is 0 Å². The number of hydrogen-bond donors (Lipinski definition) is 1. The Kier molecular flexibility index (Phi) is 4.67. The molecule has 2 aromatic carbocycles. The second-order valence-corrected chi connectivity index (χ2v) is 8.58. The van der Waals surface area contributed by atoms with Gasteiger partial charge in [0.25, 0.3) is 0 Å². The summed E-state index contributed by atoms with van der Waals surface area (Å²) in [6.45, 7) is 4.87. The number of fused-ring (bicyclic) bond motifs is 1. The lowest BCUT2D eigenvalue weighted by Crippen LogP contribution is -2.48. The molecule has 0 aliphatic carbocycles. The van der Waals surface area contributed by atoms with Crippen LogP contribution in [0, 0.1) is 6.92 Å². The zero-order valence-corrected chi connectivity index (χ0v) is 17.4. The topological polar surface area (TPSA) is 37.3 Å². The highest BCUT2D eigenvalue weighted by molar-refractivity contribution is 5.89. The third-order valence-corrected chi connectivity index (χ3v) is 6.84. The largest absolute Gasteiger partial charge is 0.354 e. The number of nitrogens with one attached hydrogen (secondary N) is 1. The number of benzene rings is 2. The Morgan fingerprint density at radius 2 is 1.90 bits per heavy atom. The van der Waals surface area contributed by atoms with Gasteiger partial charge < -0.3 is 9.88 Å². The molecular weight excluding hydrogens is 358 g/mol. The predicted octanol–water partition coefficient (Wildman–Crippen LogP) is 3.61. The number of likely N-dealkylation sites (N-methyl/N-ethyl adjacent to an activating group) is 1. The molecule has 2 aliphatic heterocycles. The fraction of sp³-hybridized carbons (Fsp3) is 0.400. The lowest BCUT2D eigenvalue weighted by Gasteiger charge is -2.33. The van der Waals surface area contributed by atoms with Crippen molar-refractivity contribution in [1.29, 1.82) is 0 Å². The molecule has 0 unspecified atom stereocenters. The van der Waals surface area contributed by atoms with Gasteiger partial charge in [-0.25, -0.2) is 0 Å². The molecule has 0 spiro atoms. The van der Waals surface area contributed by atoms with Crippen molar-refractivity contribution in [2.75, 3.05) is 13.6 Å². The van der Waals surface area contributed by atoms with Gasteiger partial charge in [0.05, 0.1) is 11.6 Å². The van der Waals surface area contributed by atoms with Crippen LogP contribution in [0.2, 0.25) is 0 Å². The van der Waals surface area contributed by atoms with Crippen molar-refractivity contribution in [2.45, 2.75) is 51.7 Å². The number of nitrogens with zero attached hydrogens (tertiary/aromatic N) is 2. The molecule has 150 valence electrons. The molecule has 0 saturated heterocycles. The summed E-state index contributed by atoms with van der Waals surface area (Å²) < 4.78 is 2.48. The molecule has 1 N–H and O–H groups in total. The van der Waals surface area contributed by atoms with Gasteiger partial charge in [0.1, 0.15) is 0 Å². The van der Waals surface area contributed by atoms with Crippen LogP contribution in [0.1, 0.15) is 34.4 Å². The monoisotopic (exact) mass is 387 g/mol. The summed E-state index contributed by atoms with van der Waals surface area (Å²) in [5.74, 6) is 0.147. The zero-order chi connectivity index (χ0) is 20.0. The van der Waals surface area contributed by atoms with Crippen LogP contribution in [-0.2, 0) is 37.1 Å². The predicted molar refractivity (Wildman–Crippen MR) is 117 cm³/mol. The highest BCUT2D eigenvalue weighted by atomic mass is 16.2. The number of aromatic nitrogens is 1. The molecule has 1 aromatic heterocycles. The van der Waals surface area contributed by atoms with Gasteiger partial charge in [-0.05, 0) is 61.9 Å². The molecule has 0 saturated carbocycles. The summed E-state index contributed by atoms with van der Waals surface area (Å²) in [4.78, 5) is 15.1. The SMILES string of the molecule is Cc1c(CCNC(=O)[C@H]2Cc3ccccc3CN2C)c2cccc3c2n1CCC3. The van der Waals surface area contributed by atoms with Crippen molar-refractivity contribution < 1.29 is 4.79 Å². The van der Waals surface area contributed by atoms with E-state index in [9.17, 15) is 4.79 Å². The van der Waals surface area contributed by atoms with Crippen LogP contribution < -0.4 is 5.32 Å². The first-order valence-electron chi connectivity index (χ1n) is 10.8. The average Bonchev–Trinajstić information content (AvgIpc) is 3.01. The van der Waals surface area contributed by atoms with E-state index < -0.39 is 0 Å². The molecule has 29 heavy (non-hydrogen) atoms. The third-order valence-electron chi connectivity index (χ3n) is 6.84. The summed E-state index contributed by atoms with van der Waals surface area (Å²) in [5.41, 5.74) is 8.28. The molecule has 4 nitrogen and oxygen atoms in total. The minimum Gasteiger partial charge on any atom is -0.354 e. The fourth-order valence-electron chi connectivity index (χ4n) is 5.28. The van der Waals surface area contributed by atoms with Crippen molar-refractivity contribution in [3.05, 3.63) is 70.4 Å². The van der Waals surface area contributed by atoms with Gasteiger partial charge in [-0.15, -0.1) is 0 Å². The van der Waals surface area contributed by atoms with E-state index in [2.05, 4.69) is 71.2 Å². The Hall–Kier alpha value is -2.59. The van der Waals surface area contributed by atoms with Crippen LogP contribution in [0.5, 0.6) is 0 Å². The number of carbonyl (C=O) groups is 1. The molecule has 1 atom stereocenters. The van der Waals surface area contributed by atoms with Crippen molar-refractivity contribution in [3.63, 3.8) is 0 Å². The summed E-state index contributed by atoms with van der Waals surface area (Å²) in [5, 5.41) is 4.59. The summed E-state index contributed by atoms with van der Waals surface area (Å²) in [7, 11) is 2.05. The van der Waals surface area contributed by atoms with Gasteiger partial charge in [-0.1, -0.05) is 42.5 Å². The first-order valence-corrected chi connectivity index (χ1v) is 10.8. The van der Waals surface area contributed by atoms with Gasteiger partial charge in [0.15, 0.2) is 0 Å². The van der Waals surface area contributed by atoms with E-state index >= 15 is 0 Å². The maximum Gasteiger partial charge on any atom is 0.237 e. The standard InChI is InChI=1S/C25H29N3O/c1-17-21(22-11-5-9-18-10-6-14-28(17)24(18)22)12-13-26-25(29)23-15-19-7-3-4-8-20(19)16-27(23)2/h3-5,7-9,11,23H,6,10,12-16H2,1-2H3,(H,26,29)/t23-/m1/s1. The highest BCUT2D eigenvalue weighted by Gasteiger charge is 2.28. The normalized spacial score (nSPS) is 18.6. The number of amides is 1. The molecule has 2 aliphatic rings. The third kappa shape index (κ3) is 3.16. The first kappa shape index (κ1) is 18.4. The van der Waals surface area contributed by atoms with E-state index in [1.807, 2.05) is 0 Å². The van der Waals surface area contributed by atoms with Gasteiger partial charge >= 0.3 is 0 Å². The van der Waals surface area contributed by atoms with E-state index in [0.29, 0.717) is 6.54 Å². The van der Waals surface area contributed by atoms with Crippen LogP contribution in [0.15, 0.2) is 42.5 Å². The quantitative estimate of drug-likeness (QED) is 0.743. The van der Waals surface area contributed by atoms with Crippen LogP contribution in [0.3, 0.4) is 0 Å². The Morgan fingerprint density at radius 3 is 2.76 bits per heavy atom. The lowest BCUT2D eigenvalue weighted by molar-refractivity contribution is -0.126. The van der Waals surface area contributed by atoms with E-state index in [4.69, 9.17) is 0 Å². The van der Waals surface area contributed by atoms with E-state index in [1.54, 1.807) is 0 Å². The maximum absolute atomic E-state index is 12.9. The van der Waals surface area contributed by atoms with Crippen molar-refractivity contribution in [1.82, 2.24) is 14.8 Å². The molecule has 3 heterocycles. The number of aryl methyl sites for hydroxylation is 2.